The fourth-order valence-electron chi connectivity index (χ4n) is 4.91. The van der Waals surface area contributed by atoms with Gasteiger partial charge in [-0.3, -0.25) is 15.1 Å². The SMILES string of the molecule is COC(=O)N1C/C(=C\c2ccc(OC)cc2)c2c(c(C(=O)NN3CCC(O)CC3)nn2-c2ccc(Cl)cc2Cl)C1. The second-order valence-electron chi connectivity index (χ2n) is 9.61. The van der Waals surface area contributed by atoms with Gasteiger partial charge >= 0.3 is 6.09 Å². The van der Waals surface area contributed by atoms with Crippen LogP contribution in [0.25, 0.3) is 17.3 Å². The molecule has 2 aliphatic rings. The van der Waals surface area contributed by atoms with Crippen molar-refractivity contribution in [2.45, 2.75) is 25.5 Å². The number of methoxy groups -OCH3 is 2. The first-order valence-corrected chi connectivity index (χ1v) is 13.5. The summed E-state index contributed by atoms with van der Waals surface area (Å²) in [7, 11) is 2.92. The predicted octanol–water partition coefficient (Wildman–Crippen LogP) is 4.41. The smallest absolute Gasteiger partial charge is 0.410 e. The summed E-state index contributed by atoms with van der Waals surface area (Å²) in [6, 6.07) is 12.5. The van der Waals surface area contributed by atoms with Crippen molar-refractivity contribution in [1.82, 2.24) is 25.1 Å². The van der Waals surface area contributed by atoms with E-state index in [0.29, 0.717) is 58.7 Å². The van der Waals surface area contributed by atoms with Crippen LogP contribution in [-0.2, 0) is 11.3 Å². The topological polar surface area (TPSA) is 109 Å². The Morgan fingerprint density at radius 2 is 1.80 bits per heavy atom. The summed E-state index contributed by atoms with van der Waals surface area (Å²) in [6.45, 7) is 1.34. The zero-order chi connectivity index (χ0) is 28.4. The monoisotopic (exact) mass is 585 g/mol. The Labute approximate surface area is 241 Å². The van der Waals surface area contributed by atoms with Crippen molar-refractivity contribution in [2.24, 2.45) is 0 Å². The molecule has 2 N–H and O–H groups in total. The number of hydrogen-bond donors (Lipinski definition) is 2. The Kier molecular flexibility index (Phi) is 8.32. The van der Waals surface area contributed by atoms with E-state index in [1.165, 1.54) is 12.0 Å². The molecule has 0 atom stereocenters. The lowest BCUT2D eigenvalue weighted by Crippen LogP contribution is -2.48. The van der Waals surface area contributed by atoms with Gasteiger partial charge in [-0.05, 0) is 60.4 Å². The third-order valence-electron chi connectivity index (χ3n) is 6.96. The van der Waals surface area contributed by atoms with Crippen LogP contribution in [0.2, 0.25) is 10.0 Å². The number of fused-ring (bicyclic) bond motifs is 1. The van der Waals surface area contributed by atoms with Crippen LogP contribution >= 0.6 is 23.2 Å². The number of carbonyl (C=O) groups is 2. The summed E-state index contributed by atoms with van der Waals surface area (Å²) in [5, 5.41) is 17.2. The van der Waals surface area contributed by atoms with Crippen LogP contribution in [0.1, 0.15) is 40.2 Å². The lowest BCUT2D eigenvalue weighted by Gasteiger charge is -2.30. The molecule has 210 valence electrons. The summed E-state index contributed by atoms with van der Waals surface area (Å²) >= 11 is 12.8. The standard InChI is InChI=1S/C28H29Cl2N5O5/c1-39-21-6-3-17(4-7-21)13-18-15-33(28(38)40-2)16-22-25(27(37)32-34-11-9-20(36)10-12-34)31-35(26(18)22)24-8-5-19(29)14-23(24)30/h3-8,13-14,20,36H,9-12,15-16H2,1-2H3,(H,32,37)/b18-13+. The molecule has 0 radical (unpaired) electrons. The highest BCUT2D eigenvalue weighted by Gasteiger charge is 2.35. The zero-order valence-electron chi connectivity index (χ0n) is 22.1. The number of aromatic nitrogens is 2. The van der Waals surface area contributed by atoms with Gasteiger partial charge in [-0.2, -0.15) is 5.10 Å². The highest BCUT2D eigenvalue weighted by Crippen LogP contribution is 2.36. The molecule has 1 fully saturated rings. The molecule has 3 heterocycles. The maximum Gasteiger partial charge on any atom is 0.410 e. The summed E-state index contributed by atoms with van der Waals surface area (Å²) in [5.74, 6) is 0.289. The van der Waals surface area contributed by atoms with E-state index in [-0.39, 0.29) is 24.9 Å². The van der Waals surface area contributed by atoms with Crippen LogP contribution in [0, 0.1) is 0 Å². The van der Waals surface area contributed by atoms with Crippen LogP contribution < -0.4 is 10.2 Å². The minimum Gasteiger partial charge on any atom is -0.497 e. The van der Waals surface area contributed by atoms with Crippen molar-refractivity contribution >= 4 is 46.9 Å². The average molecular weight is 586 g/mol. The van der Waals surface area contributed by atoms with Gasteiger partial charge in [-0.1, -0.05) is 35.3 Å². The molecule has 1 aromatic heterocycles. The lowest BCUT2D eigenvalue weighted by molar-refractivity contribution is 0.0462. The molecule has 0 bridgehead atoms. The van der Waals surface area contributed by atoms with Gasteiger partial charge < -0.3 is 14.6 Å². The first-order valence-electron chi connectivity index (χ1n) is 12.8. The fraction of sp³-hybridized carbons (Fsp3) is 0.321. The van der Waals surface area contributed by atoms with E-state index >= 15 is 0 Å². The summed E-state index contributed by atoms with van der Waals surface area (Å²) < 4.78 is 12.0. The second kappa shape index (κ2) is 11.9. The Bertz CT molecular complexity index is 1450. The summed E-state index contributed by atoms with van der Waals surface area (Å²) in [5.41, 5.74) is 6.40. The number of amides is 2. The minimum absolute atomic E-state index is 0.106. The number of nitrogens with zero attached hydrogens (tertiary/aromatic N) is 4. The molecule has 40 heavy (non-hydrogen) atoms. The highest BCUT2D eigenvalue weighted by molar-refractivity contribution is 6.35. The van der Waals surface area contributed by atoms with Crippen molar-refractivity contribution in [1.29, 1.82) is 0 Å². The van der Waals surface area contributed by atoms with Gasteiger partial charge in [0.2, 0.25) is 0 Å². The molecule has 2 amide bonds. The van der Waals surface area contributed by atoms with Gasteiger partial charge in [0.1, 0.15) is 5.75 Å². The predicted molar refractivity (Wildman–Crippen MR) is 152 cm³/mol. The van der Waals surface area contributed by atoms with Crippen LogP contribution in [0.5, 0.6) is 5.75 Å². The molecule has 0 spiro atoms. The van der Waals surface area contributed by atoms with Gasteiger partial charge in [-0.25, -0.2) is 14.5 Å². The van der Waals surface area contributed by atoms with Crippen molar-refractivity contribution in [2.75, 3.05) is 33.9 Å². The molecule has 10 nitrogen and oxygen atoms in total. The van der Waals surface area contributed by atoms with Crippen LogP contribution in [-0.4, -0.2) is 76.8 Å². The number of aliphatic hydroxyl groups is 1. The van der Waals surface area contributed by atoms with Crippen LogP contribution in [0.4, 0.5) is 4.79 Å². The Morgan fingerprint density at radius 3 is 2.45 bits per heavy atom. The van der Waals surface area contributed by atoms with E-state index in [1.807, 2.05) is 30.3 Å². The normalized spacial score (nSPS) is 17.0. The first-order chi connectivity index (χ1) is 19.3. The number of hydrogen-bond acceptors (Lipinski definition) is 7. The maximum absolute atomic E-state index is 13.6. The molecular weight excluding hydrogens is 557 g/mol. The van der Waals surface area contributed by atoms with Gasteiger partial charge in [-0.15, -0.1) is 0 Å². The number of halogens is 2. The third kappa shape index (κ3) is 5.80. The highest BCUT2D eigenvalue weighted by atomic mass is 35.5. The number of hydrazine groups is 1. The van der Waals surface area contributed by atoms with Gasteiger partial charge in [0.25, 0.3) is 5.91 Å². The largest absolute Gasteiger partial charge is 0.497 e. The van der Waals surface area contributed by atoms with Gasteiger partial charge in [0.05, 0.1) is 49.8 Å². The Hall–Kier alpha value is -3.57. The van der Waals surface area contributed by atoms with Gasteiger partial charge in [0.15, 0.2) is 5.69 Å². The Balaban J connectivity index is 1.65. The molecule has 0 unspecified atom stereocenters. The molecule has 3 aromatic rings. The molecule has 5 rings (SSSR count). The number of benzene rings is 2. The molecule has 0 aliphatic carbocycles. The number of aliphatic hydroxyl groups excluding tert-OH is 1. The van der Waals surface area contributed by atoms with Crippen molar-refractivity contribution in [3.63, 3.8) is 0 Å². The lowest BCUT2D eigenvalue weighted by atomic mass is 9.97. The first kappa shape index (κ1) is 28.0. The third-order valence-corrected chi connectivity index (χ3v) is 7.50. The minimum atomic E-state index is -0.528. The molecule has 2 aromatic carbocycles. The van der Waals surface area contributed by atoms with E-state index in [0.717, 1.165) is 11.1 Å². The average Bonchev–Trinajstić information content (AvgIpc) is 3.34. The molecule has 2 aliphatic heterocycles. The van der Waals surface area contributed by atoms with E-state index in [9.17, 15) is 14.7 Å². The number of piperidine rings is 1. The van der Waals surface area contributed by atoms with E-state index in [2.05, 4.69) is 5.43 Å². The van der Waals surface area contributed by atoms with Crippen molar-refractivity contribution in [3.05, 3.63) is 75.0 Å². The summed E-state index contributed by atoms with van der Waals surface area (Å²) in [4.78, 5) is 27.9. The number of carbonyl (C=O) groups excluding carboxylic acids is 2. The number of nitrogens with one attached hydrogen (secondary N) is 1. The van der Waals surface area contributed by atoms with Crippen molar-refractivity contribution < 1.29 is 24.2 Å². The quantitative estimate of drug-likeness (QED) is 0.456. The molecule has 0 saturated carbocycles. The van der Waals surface area contributed by atoms with E-state index < -0.39 is 12.0 Å². The van der Waals surface area contributed by atoms with Crippen LogP contribution in [0.15, 0.2) is 42.5 Å². The number of rotatable bonds is 5. The zero-order valence-corrected chi connectivity index (χ0v) is 23.6. The van der Waals surface area contributed by atoms with E-state index in [4.69, 9.17) is 37.8 Å². The molecule has 1 saturated heterocycles. The van der Waals surface area contributed by atoms with Crippen molar-refractivity contribution in [3.8, 4) is 11.4 Å². The van der Waals surface area contributed by atoms with Crippen LogP contribution in [0.3, 0.4) is 0 Å². The Morgan fingerprint density at radius 1 is 1.07 bits per heavy atom. The second-order valence-corrected chi connectivity index (χ2v) is 10.5. The maximum atomic E-state index is 13.6. The molecule has 12 heteroatoms. The summed E-state index contributed by atoms with van der Waals surface area (Å²) in [6.07, 6.45) is 2.13. The van der Waals surface area contributed by atoms with Gasteiger partial charge in [0, 0.05) is 23.7 Å². The van der Waals surface area contributed by atoms with E-state index in [1.54, 1.807) is 35.0 Å². The fourth-order valence-corrected chi connectivity index (χ4v) is 5.40. The molecular formula is C28H29Cl2N5O5. The number of ether oxygens (including phenoxy) is 2.